The van der Waals surface area contributed by atoms with Gasteiger partial charge in [0.15, 0.2) is 0 Å². The Labute approximate surface area is 74.2 Å². The maximum absolute atomic E-state index is 3.76. The van der Waals surface area contributed by atoms with E-state index in [0.717, 1.165) is 5.69 Å². The number of hydrogen-bond donors (Lipinski definition) is 0. The van der Waals surface area contributed by atoms with E-state index in [-0.39, 0.29) is 0 Å². The van der Waals surface area contributed by atoms with Gasteiger partial charge in [-0.2, -0.15) is 5.10 Å². The highest BCUT2D eigenvalue weighted by atomic mass is 15.3. The lowest BCUT2D eigenvalue weighted by molar-refractivity contribution is 0.887. The zero-order valence-electron chi connectivity index (χ0n) is 7.99. The SMILES string of the molecule is C=Nn1cccc1/C=C\C.CC. The maximum atomic E-state index is 3.76. The summed E-state index contributed by atoms with van der Waals surface area (Å²) in [5.41, 5.74) is 1.05. The Morgan fingerprint density at radius 1 is 1.50 bits per heavy atom. The van der Waals surface area contributed by atoms with Crippen molar-refractivity contribution in [2.45, 2.75) is 20.8 Å². The van der Waals surface area contributed by atoms with Crippen LogP contribution in [-0.2, 0) is 0 Å². The molecule has 0 aliphatic rings. The molecule has 12 heavy (non-hydrogen) atoms. The van der Waals surface area contributed by atoms with Crippen LogP contribution in [0.5, 0.6) is 0 Å². The summed E-state index contributed by atoms with van der Waals surface area (Å²) >= 11 is 0. The lowest BCUT2D eigenvalue weighted by atomic mass is 10.4. The highest BCUT2D eigenvalue weighted by Crippen LogP contribution is 2.02. The van der Waals surface area contributed by atoms with E-state index in [2.05, 4.69) is 11.8 Å². The van der Waals surface area contributed by atoms with E-state index in [1.807, 2.05) is 51.3 Å². The van der Waals surface area contributed by atoms with E-state index >= 15 is 0 Å². The summed E-state index contributed by atoms with van der Waals surface area (Å²) in [7, 11) is 0. The van der Waals surface area contributed by atoms with Gasteiger partial charge in [-0.25, -0.2) is 4.68 Å². The summed E-state index contributed by atoms with van der Waals surface area (Å²) in [5, 5.41) is 3.76. The lowest BCUT2D eigenvalue weighted by Gasteiger charge is -1.93. The van der Waals surface area contributed by atoms with Crippen molar-refractivity contribution in [2.75, 3.05) is 0 Å². The van der Waals surface area contributed by atoms with E-state index in [1.165, 1.54) is 0 Å². The van der Waals surface area contributed by atoms with Crippen molar-refractivity contribution in [3.05, 3.63) is 30.1 Å². The van der Waals surface area contributed by atoms with Gasteiger partial charge in [-0.3, -0.25) is 0 Å². The molecule has 2 heteroatoms. The second-order valence-electron chi connectivity index (χ2n) is 1.92. The molecule has 0 bridgehead atoms. The molecule has 0 radical (unpaired) electrons. The van der Waals surface area contributed by atoms with Crippen molar-refractivity contribution in [2.24, 2.45) is 5.10 Å². The van der Waals surface area contributed by atoms with Crippen molar-refractivity contribution in [1.29, 1.82) is 0 Å². The van der Waals surface area contributed by atoms with Crippen LogP contribution in [0, 0.1) is 0 Å². The van der Waals surface area contributed by atoms with Crippen LogP contribution in [0.25, 0.3) is 6.08 Å². The number of hydrogen-bond acceptors (Lipinski definition) is 1. The molecule has 0 aliphatic heterocycles. The predicted molar refractivity (Wildman–Crippen MR) is 55.4 cm³/mol. The average Bonchev–Trinajstić information content (AvgIpc) is 2.56. The first-order chi connectivity index (χ1) is 5.88. The average molecular weight is 164 g/mol. The topological polar surface area (TPSA) is 17.3 Å². The molecule has 0 unspecified atom stereocenters. The van der Waals surface area contributed by atoms with Gasteiger partial charge in [-0.1, -0.05) is 19.9 Å². The van der Waals surface area contributed by atoms with Gasteiger partial charge in [-0.05, 0) is 25.1 Å². The molecule has 0 spiro atoms. The predicted octanol–water partition coefficient (Wildman–Crippen LogP) is 3.01. The summed E-state index contributed by atoms with van der Waals surface area (Å²) in [6.45, 7) is 9.40. The molecule has 1 heterocycles. The highest BCUT2D eigenvalue weighted by molar-refractivity contribution is 5.45. The standard InChI is InChI=1S/C8H10N2.C2H6/c1-3-5-8-6-4-7-10(8)9-2;1-2/h3-7H,2H2,1H3;1-2H3/b5-3-;. The molecule has 0 saturated heterocycles. The van der Waals surface area contributed by atoms with Crippen LogP contribution in [0.2, 0.25) is 0 Å². The van der Waals surface area contributed by atoms with E-state index < -0.39 is 0 Å². The Hall–Kier alpha value is -1.31. The van der Waals surface area contributed by atoms with Crippen LogP contribution in [-0.4, -0.2) is 11.4 Å². The van der Waals surface area contributed by atoms with Crippen LogP contribution >= 0.6 is 0 Å². The minimum Gasteiger partial charge on any atom is -0.242 e. The maximum Gasteiger partial charge on any atom is 0.0642 e. The molecule has 1 aromatic rings. The first-order valence-corrected chi connectivity index (χ1v) is 4.15. The van der Waals surface area contributed by atoms with Gasteiger partial charge in [0, 0.05) is 12.9 Å². The van der Waals surface area contributed by atoms with Crippen LogP contribution < -0.4 is 0 Å². The molecule has 2 nitrogen and oxygen atoms in total. The normalized spacial score (nSPS) is 9.25. The minimum atomic E-state index is 1.05. The Kier molecular flexibility index (Phi) is 5.70. The van der Waals surface area contributed by atoms with Crippen LogP contribution in [0.3, 0.4) is 0 Å². The summed E-state index contributed by atoms with van der Waals surface area (Å²) < 4.78 is 1.72. The third-order valence-electron chi connectivity index (χ3n) is 1.25. The largest absolute Gasteiger partial charge is 0.242 e. The molecule has 1 rings (SSSR count). The summed E-state index contributed by atoms with van der Waals surface area (Å²) in [5.74, 6) is 0. The smallest absolute Gasteiger partial charge is 0.0642 e. The van der Waals surface area contributed by atoms with Crippen molar-refractivity contribution >= 4 is 12.8 Å². The van der Waals surface area contributed by atoms with Crippen LogP contribution in [0.4, 0.5) is 0 Å². The van der Waals surface area contributed by atoms with Crippen molar-refractivity contribution in [1.82, 2.24) is 4.68 Å². The van der Waals surface area contributed by atoms with E-state index in [9.17, 15) is 0 Å². The van der Waals surface area contributed by atoms with E-state index in [0.29, 0.717) is 0 Å². The van der Waals surface area contributed by atoms with Crippen LogP contribution in [0.1, 0.15) is 26.5 Å². The Morgan fingerprint density at radius 2 is 2.17 bits per heavy atom. The van der Waals surface area contributed by atoms with Gasteiger partial charge in [0.25, 0.3) is 0 Å². The van der Waals surface area contributed by atoms with Crippen molar-refractivity contribution in [3.8, 4) is 0 Å². The second-order valence-corrected chi connectivity index (χ2v) is 1.92. The first kappa shape index (κ1) is 10.7. The first-order valence-electron chi connectivity index (χ1n) is 4.15. The molecule has 1 aromatic heterocycles. The van der Waals surface area contributed by atoms with Gasteiger partial charge < -0.3 is 0 Å². The van der Waals surface area contributed by atoms with Gasteiger partial charge in [0.1, 0.15) is 0 Å². The monoisotopic (exact) mass is 164 g/mol. The third kappa shape index (κ3) is 2.74. The summed E-state index contributed by atoms with van der Waals surface area (Å²) in [6, 6.07) is 3.92. The molecule has 0 amide bonds. The molecule has 0 atom stereocenters. The number of rotatable bonds is 2. The molecule has 0 fully saturated rings. The zero-order chi connectivity index (χ0) is 9.40. The quantitative estimate of drug-likeness (QED) is 0.598. The molecule has 0 saturated carbocycles. The molecular formula is C10H16N2. The number of allylic oxidation sites excluding steroid dienone is 1. The lowest BCUT2D eigenvalue weighted by Crippen LogP contribution is -1.85. The highest BCUT2D eigenvalue weighted by Gasteiger charge is 1.90. The fourth-order valence-electron chi connectivity index (χ4n) is 0.817. The van der Waals surface area contributed by atoms with Crippen LogP contribution in [0.15, 0.2) is 29.5 Å². The Balaban J connectivity index is 0.000000561. The Bertz CT molecular complexity index is 246. The number of nitrogens with zero attached hydrogens (tertiary/aromatic N) is 2. The van der Waals surface area contributed by atoms with Crippen molar-refractivity contribution < 1.29 is 0 Å². The molecule has 66 valence electrons. The molecule has 0 aromatic carbocycles. The third-order valence-corrected chi connectivity index (χ3v) is 1.25. The Morgan fingerprint density at radius 3 is 2.67 bits per heavy atom. The van der Waals surface area contributed by atoms with E-state index in [4.69, 9.17) is 0 Å². The second kappa shape index (κ2) is 6.40. The minimum absolute atomic E-state index is 1.05. The molecule has 0 N–H and O–H groups in total. The van der Waals surface area contributed by atoms with E-state index in [1.54, 1.807) is 4.68 Å². The van der Waals surface area contributed by atoms with Gasteiger partial charge in [0.05, 0.1) is 5.69 Å². The van der Waals surface area contributed by atoms with Gasteiger partial charge in [-0.15, -0.1) is 0 Å². The van der Waals surface area contributed by atoms with Gasteiger partial charge in [0.2, 0.25) is 0 Å². The zero-order valence-corrected chi connectivity index (χ0v) is 7.99. The molecular weight excluding hydrogens is 148 g/mol. The fourth-order valence-corrected chi connectivity index (χ4v) is 0.817. The summed E-state index contributed by atoms with van der Waals surface area (Å²) in [4.78, 5) is 0. The van der Waals surface area contributed by atoms with Gasteiger partial charge >= 0.3 is 0 Å². The fraction of sp³-hybridized carbons (Fsp3) is 0.300. The van der Waals surface area contributed by atoms with Crippen molar-refractivity contribution in [3.63, 3.8) is 0 Å². The number of aromatic nitrogens is 1. The summed E-state index contributed by atoms with van der Waals surface area (Å²) in [6.07, 6.45) is 5.81. The molecule has 0 aliphatic carbocycles.